The van der Waals surface area contributed by atoms with Crippen LogP contribution in [-0.2, 0) is 19.4 Å². The molecule has 1 heterocycles. The molecule has 0 radical (unpaired) electrons. The highest BCUT2D eigenvalue weighted by Crippen LogP contribution is 2.28. The third kappa shape index (κ3) is 6.42. The molecule has 1 aliphatic heterocycles. The minimum absolute atomic E-state index is 0.0523. The number of carboxylic acids is 1. The number of carbonyl (C=O) groups is 2. The van der Waals surface area contributed by atoms with Gasteiger partial charge in [-0.2, -0.15) is 0 Å². The molecular formula is C17H29NO5S. The van der Waals surface area contributed by atoms with Crippen LogP contribution >= 0.6 is 0 Å². The highest BCUT2D eigenvalue weighted by molar-refractivity contribution is 7.91. The molecule has 7 heteroatoms. The molecule has 0 aromatic heterocycles. The summed E-state index contributed by atoms with van der Waals surface area (Å²) >= 11 is 0. The predicted octanol–water partition coefficient (Wildman–Crippen LogP) is 2.13. The normalized spacial score (nSPS) is 23.5. The number of nitrogens with one attached hydrogen (secondary N) is 1. The molecule has 1 unspecified atom stereocenters. The Bertz CT molecular complexity index is 525. The first-order chi connectivity index (χ1) is 11.4. The Kier molecular flexibility index (Phi) is 7.07. The Hall–Kier alpha value is -1.11. The lowest BCUT2D eigenvalue weighted by Crippen LogP contribution is -2.42. The van der Waals surface area contributed by atoms with Crippen LogP contribution in [0.2, 0.25) is 0 Å². The lowest BCUT2D eigenvalue weighted by molar-refractivity contribution is -0.137. The Labute approximate surface area is 144 Å². The van der Waals surface area contributed by atoms with Crippen LogP contribution in [0.3, 0.4) is 0 Å². The fourth-order valence-corrected chi connectivity index (χ4v) is 5.33. The van der Waals surface area contributed by atoms with Gasteiger partial charge in [0.05, 0.1) is 11.5 Å². The lowest BCUT2D eigenvalue weighted by Gasteiger charge is -2.29. The van der Waals surface area contributed by atoms with Crippen molar-refractivity contribution in [3.8, 4) is 0 Å². The zero-order valence-corrected chi connectivity index (χ0v) is 15.0. The van der Waals surface area contributed by atoms with Gasteiger partial charge in [0.25, 0.3) is 0 Å². The van der Waals surface area contributed by atoms with E-state index >= 15 is 0 Å². The number of aliphatic carboxylic acids is 1. The number of rotatable bonds is 7. The molecule has 1 atom stereocenters. The molecule has 0 aromatic carbocycles. The molecule has 1 aliphatic carbocycles. The smallest absolute Gasteiger partial charge is 0.303 e. The van der Waals surface area contributed by atoms with E-state index in [2.05, 4.69) is 5.32 Å². The quantitative estimate of drug-likeness (QED) is 0.725. The van der Waals surface area contributed by atoms with Crippen LogP contribution < -0.4 is 5.32 Å². The summed E-state index contributed by atoms with van der Waals surface area (Å²) in [6, 6.07) is -0.116. The van der Waals surface area contributed by atoms with Crippen LogP contribution in [0, 0.1) is 11.8 Å². The second-order valence-corrected chi connectivity index (χ2v) is 9.61. The number of sulfone groups is 1. The van der Waals surface area contributed by atoms with Gasteiger partial charge in [0.1, 0.15) is 9.84 Å². The number of carbonyl (C=O) groups excluding carboxylic acids is 1. The molecule has 0 spiro atoms. The van der Waals surface area contributed by atoms with Crippen molar-refractivity contribution < 1.29 is 23.1 Å². The van der Waals surface area contributed by atoms with Gasteiger partial charge < -0.3 is 10.4 Å². The number of amides is 1. The zero-order valence-electron chi connectivity index (χ0n) is 14.2. The van der Waals surface area contributed by atoms with Crippen LogP contribution in [-0.4, -0.2) is 42.9 Å². The zero-order chi connectivity index (χ0) is 17.6. The first-order valence-corrected chi connectivity index (χ1v) is 10.9. The monoisotopic (exact) mass is 359 g/mol. The fourth-order valence-electron chi connectivity index (χ4n) is 3.84. The van der Waals surface area contributed by atoms with Crippen molar-refractivity contribution in [2.45, 2.75) is 70.3 Å². The highest BCUT2D eigenvalue weighted by atomic mass is 32.2. The van der Waals surface area contributed by atoms with Gasteiger partial charge in [-0.15, -0.1) is 0 Å². The molecule has 0 bridgehead atoms. The third-order valence-electron chi connectivity index (χ3n) is 5.32. The molecule has 1 saturated carbocycles. The van der Waals surface area contributed by atoms with Crippen LogP contribution in [0.5, 0.6) is 0 Å². The van der Waals surface area contributed by atoms with E-state index in [-0.39, 0.29) is 35.8 Å². The van der Waals surface area contributed by atoms with Crippen LogP contribution in [0.15, 0.2) is 0 Å². The maximum absolute atomic E-state index is 12.5. The molecule has 138 valence electrons. The summed E-state index contributed by atoms with van der Waals surface area (Å²) in [5, 5.41) is 11.9. The van der Waals surface area contributed by atoms with Gasteiger partial charge in [-0.1, -0.05) is 32.1 Å². The highest BCUT2D eigenvalue weighted by Gasteiger charge is 2.30. The van der Waals surface area contributed by atoms with E-state index in [9.17, 15) is 18.0 Å². The number of carboxylic acid groups (broad SMARTS) is 1. The van der Waals surface area contributed by atoms with Crippen molar-refractivity contribution in [1.82, 2.24) is 5.32 Å². The summed E-state index contributed by atoms with van der Waals surface area (Å²) in [6.45, 7) is 0. The van der Waals surface area contributed by atoms with Crippen LogP contribution in [0.1, 0.15) is 64.2 Å². The van der Waals surface area contributed by atoms with Crippen molar-refractivity contribution in [1.29, 1.82) is 0 Å². The summed E-state index contributed by atoms with van der Waals surface area (Å²) < 4.78 is 23.0. The molecule has 1 saturated heterocycles. The second kappa shape index (κ2) is 8.83. The van der Waals surface area contributed by atoms with E-state index in [0.29, 0.717) is 25.2 Å². The predicted molar refractivity (Wildman–Crippen MR) is 91.4 cm³/mol. The minimum Gasteiger partial charge on any atom is -0.481 e. The Morgan fingerprint density at radius 3 is 2.25 bits per heavy atom. The molecule has 2 fully saturated rings. The van der Waals surface area contributed by atoms with Crippen LogP contribution in [0.25, 0.3) is 0 Å². The first-order valence-electron chi connectivity index (χ1n) is 9.08. The number of hydrogen-bond donors (Lipinski definition) is 2. The first kappa shape index (κ1) is 19.2. The third-order valence-corrected chi connectivity index (χ3v) is 7.04. The van der Waals surface area contributed by atoms with Gasteiger partial charge >= 0.3 is 5.97 Å². The SMILES string of the molecule is O=C(O)CCC(CC1CCCCC1)NC(=O)C1CCS(=O)(=O)CC1. The van der Waals surface area contributed by atoms with Crippen molar-refractivity contribution >= 4 is 21.7 Å². The maximum Gasteiger partial charge on any atom is 0.303 e. The Morgan fingerprint density at radius 2 is 1.67 bits per heavy atom. The van der Waals surface area contributed by atoms with Gasteiger partial charge in [-0.3, -0.25) is 9.59 Å². The molecular weight excluding hydrogens is 330 g/mol. The van der Waals surface area contributed by atoms with E-state index in [1.807, 2.05) is 0 Å². The summed E-state index contributed by atoms with van der Waals surface area (Å²) in [4.78, 5) is 23.3. The Balaban J connectivity index is 1.88. The van der Waals surface area contributed by atoms with E-state index in [0.717, 1.165) is 19.3 Å². The van der Waals surface area contributed by atoms with E-state index < -0.39 is 15.8 Å². The fraction of sp³-hybridized carbons (Fsp3) is 0.882. The van der Waals surface area contributed by atoms with Gasteiger partial charge in [-0.05, 0) is 31.6 Å². The molecule has 1 amide bonds. The lowest BCUT2D eigenvalue weighted by atomic mass is 9.83. The van der Waals surface area contributed by atoms with Gasteiger partial charge in [0, 0.05) is 18.4 Å². The summed E-state index contributed by atoms with van der Waals surface area (Å²) in [5.74, 6) is -0.490. The van der Waals surface area contributed by atoms with Crippen molar-refractivity contribution in [2.75, 3.05) is 11.5 Å². The van der Waals surface area contributed by atoms with E-state index in [1.54, 1.807) is 0 Å². The molecule has 24 heavy (non-hydrogen) atoms. The van der Waals surface area contributed by atoms with Crippen molar-refractivity contribution in [2.24, 2.45) is 11.8 Å². The van der Waals surface area contributed by atoms with E-state index in [4.69, 9.17) is 5.11 Å². The standard InChI is InChI=1S/C17H29NO5S/c19-16(20)7-6-15(12-13-4-2-1-3-5-13)18-17(21)14-8-10-24(22,23)11-9-14/h13-15H,1-12H2,(H,18,21)(H,19,20). The topological polar surface area (TPSA) is 101 Å². The maximum atomic E-state index is 12.5. The Morgan fingerprint density at radius 1 is 1.04 bits per heavy atom. The molecule has 2 rings (SSSR count). The van der Waals surface area contributed by atoms with Gasteiger partial charge in [-0.25, -0.2) is 8.42 Å². The molecule has 6 nitrogen and oxygen atoms in total. The molecule has 2 aliphatic rings. The average molecular weight is 359 g/mol. The van der Waals surface area contributed by atoms with Crippen LogP contribution in [0.4, 0.5) is 0 Å². The largest absolute Gasteiger partial charge is 0.481 e. The van der Waals surface area contributed by atoms with Crippen molar-refractivity contribution in [3.63, 3.8) is 0 Å². The minimum atomic E-state index is -2.98. The average Bonchev–Trinajstić information content (AvgIpc) is 2.53. The summed E-state index contributed by atoms with van der Waals surface area (Å²) in [5.41, 5.74) is 0. The van der Waals surface area contributed by atoms with Crippen molar-refractivity contribution in [3.05, 3.63) is 0 Å². The molecule has 0 aromatic rings. The summed E-state index contributed by atoms with van der Waals surface area (Å²) in [6.07, 6.45) is 8.09. The van der Waals surface area contributed by atoms with Gasteiger partial charge in [0.2, 0.25) is 5.91 Å². The number of hydrogen-bond acceptors (Lipinski definition) is 4. The molecule has 2 N–H and O–H groups in total. The van der Waals surface area contributed by atoms with Gasteiger partial charge in [0.15, 0.2) is 0 Å². The second-order valence-electron chi connectivity index (χ2n) is 7.30. The summed E-state index contributed by atoms with van der Waals surface area (Å²) in [7, 11) is -2.98. The van der Waals surface area contributed by atoms with E-state index in [1.165, 1.54) is 19.3 Å².